The molecule has 0 unspecified atom stereocenters. The van der Waals surface area contributed by atoms with E-state index in [2.05, 4.69) is 5.32 Å². The van der Waals surface area contributed by atoms with Gasteiger partial charge in [-0.1, -0.05) is 0 Å². The molecule has 1 amide bonds. The first-order chi connectivity index (χ1) is 13.8. The van der Waals surface area contributed by atoms with Crippen LogP contribution in [0.15, 0.2) is 23.1 Å². The molecule has 1 saturated heterocycles. The lowest BCUT2D eigenvalue weighted by atomic mass is 9.85. The smallest absolute Gasteiger partial charge is 0.246 e. The van der Waals surface area contributed by atoms with Crippen LogP contribution in [0.3, 0.4) is 0 Å². The van der Waals surface area contributed by atoms with Gasteiger partial charge in [0.15, 0.2) is 0 Å². The number of piperidine rings is 1. The highest BCUT2D eigenvalue weighted by molar-refractivity contribution is 7.89. The average Bonchev–Trinajstić information content (AvgIpc) is 3.57. The van der Waals surface area contributed by atoms with Crippen LogP contribution in [0.1, 0.15) is 32.1 Å². The van der Waals surface area contributed by atoms with Crippen molar-refractivity contribution < 1.29 is 27.4 Å². The molecule has 0 bridgehead atoms. The van der Waals surface area contributed by atoms with Gasteiger partial charge in [0, 0.05) is 44.3 Å². The number of nitrogens with one attached hydrogen (secondary N) is 1. The fourth-order valence-electron chi connectivity index (χ4n) is 3.72. The zero-order valence-electron chi connectivity index (χ0n) is 17.3. The van der Waals surface area contributed by atoms with Crippen LogP contribution in [-0.2, 0) is 19.6 Å². The van der Waals surface area contributed by atoms with Gasteiger partial charge in [-0.15, -0.1) is 0 Å². The Kier molecular flexibility index (Phi) is 6.70. The van der Waals surface area contributed by atoms with E-state index in [0.717, 1.165) is 12.8 Å². The zero-order valence-corrected chi connectivity index (χ0v) is 18.1. The first-order valence-corrected chi connectivity index (χ1v) is 11.3. The quantitative estimate of drug-likeness (QED) is 0.647. The first-order valence-electron chi connectivity index (χ1n) is 9.88. The van der Waals surface area contributed by atoms with Crippen molar-refractivity contribution in [2.75, 3.05) is 41.0 Å². The minimum atomic E-state index is -3.76. The second kappa shape index (κ2) is 8.89. The molecule has 1 aromatic carbocycles. The topological polar surface area (TPSA) is 94.2 Å². The van der Waals surface area contributed by atoms with E-state index in [1.165, 1.54) is 24.6 Å². The minimum Gasteiger partial charge on any atom is -0.497 e. The molecule has 0 spiro atoms. The summed E-state index contributed by atoms with van der Waals surface area (Å²) >= 11 is 0. The number of ether oxygens (including phenoxy) is 3. The monoisotopic (exact) mass is 426 g/mol. The second-order valence-corrected chi connectivity index (χ2v) is 9.61. The van der Waals surface area contributed by atoms with Gasteiger partial charge in [-0.25, -0.2) is 8.42 Å². The van der Waals surface area contributed by atoms with E-state index in [4.69, 9.17) is 14.2 Å². The summed E-state index contributed by atoms with van der Waals surface area (Å²) in [6.07, 6.45) is 3.61. The van der Waals surface area contributed by atoms with Crippen molar-refractivity contribution in [3.8, 4) is 11.5 Å². The van der Waals surface area contributed by atoms with Gasteiger partial charge in [0.1, 0.15) is 16.4 Å². The van der Waals surface area contributed by atoms with Crippen LogP contribution in [0.25, 0.3) is 0 Å². The molecule has 1 aliphatic carbocycles. The number of carbonyl (C=O) groups is 1. The Bertz CT molecular complexity index is 829. The maximum Gasteiger partial charge on any atom is 0.246 e. The number of hydrogen-bond acceptors (Lipinski definition) is 6. The van der Waals surface area contributed by atoms with Crippen molar-refractivity contribution in [3.05, 3.63) is 18.2 Å². The van der Waals surface area contributed by atoms with Crippen molar-refractivity contribution in [2.24, 2.45) is 5.92 Å². The third-order valence-electron chi connectivity index (χ3n) is 5.79. The van der Waals surface area contributed by atoms with Crippen molar-refractivity contribution in [3.63, 3.8) is 0 Å². The number of nitrogens with zero attached hydrogens (tertiary/aromatic N) is 1. The lowest BCUT2D eigenvalue weighted by molar-refractivity contribution is -0.125. The highest BCUT2D eigenvalue weighted by atomic mass is 32.2. The van der Waals surface area contributed by atoms with E-state index in [9.17, 15) is 13.2 Å². The lowest BCUT2D eigenvalue weighted by Gasteiger charge is -2.42. The van der Waals surface area contributed by atoms with Crippen molar-refractivity contribution in [2.45, 2.75) is 42.5 Å². The SMILES string of the molecule is COCCC1(NC(=O)C2CC2)CCN(S(=O)(=O)c2cc(OC)ccc2OC)CC1. The number of amides is 1. The van der Waals surface area contributed by atoms with E-state index >= 15 is 0 Å². The molecule has 8 nitrogen and oxygen atoms in total. The minimum absolute atomic E-state index is 0.0758. The average molecular weight is 427 g/mol. The summed E-state index contributed by atoms with van der Waals surface area (Å²) in [4.78, 5) is 12.5. The molecule has 2 aliphatic rings. The number of methoxy groups -OCH3 is 3. The molecule has 2 fully saturated rings. The highest BCUT2D eigenvalue weighted by Gasteiger charge is 2.42. The predicted octanol–water partition coefficient (Wildman–Crippen LogP) is 1.79. The summed E-state index contributed by atoms with van der Waals surface area (Å²) < 4.78 is 43.7. The molecule has 1 N–H and O–H groups in total. The van der Waals surface area contributed by atoms with Gasteiger partial charge in [0.05, 0.1) is 14.2 Å². The van der Waals surface area contributed by atoms with E-state index in [-0.39, 0.29) is 22.5 Å². The van der Waals surface area contributed by atoms with Crippen LogP contribution in [-0.4, -0.2) is 65.2 Å². The van der Waals surface area contributed by atoms with Crippen LogP contribution in [0.5, 0.6) is 11.5 Å². The van der Waals surface area contributed by atoms with Gasteiger partial charge in [-0.3, -0.25) is 4.79 Å². The number of benzene rings is 1. The molecule has 0 radical (unpaired) electrons. The third-order valence-corrected chi connectivity index (χ3v) is 7.71. The lowest BCUT2D eigenvalue weighted by Crippen LogP contribution is -2.57. The summed E-state index contributed by atoms with van der Waals surface area (Å²) in [6.45, 7) is 1.15. The van der Waals surface area contributed by atoms with Crippen LogP contribution in [0.2, 0.25) is 0 Å². The van der Waals surface area contributed by atoms with E-state index < -0.39 is 15.6 Å². The Labute approximate surface area is 172 Å². The van der Waals surface area contributed by atoms with Crippen molar-refractivity contribution >= 4 is 15.9 Å². The Morgan fingerprint density at radius 3 is 2.41 bits per heavy atom. The molecule has 1 heterocycles. The largest absolute Gasteiger partial charge is 0.497 e. The fourth-order valence-corrected chi connectivity index (χ4v) is 5.34. The Morgan fingerprint density at radius 2 is 1.86 bits per heavy atom. The van der Waals surface area contributed by atoms with Gasteiger partial charge in [-0.05, 0) is 44.2 Å². The van der Waals surface area contributed by atoms with E-state index in [1.54, 1.807) is 19.2 Å². The molecular formula is C20H30N2O6S. The maximum atomic E-state index is 13.3. The van der Waals surface area contributed by atoms with Crippen molar-refractivity contribution in [1.29, 1.82) is 0 Å². The van der Waals surface area contributed by atoms with Gasteiger partial charge in [0.2, 0.25) is 15.9 Å². The maximum absolute atomic E-state index is 13.3. The Hall–Kier alpha value is -1.84. The van der Waals surface area contributed by atoms with Gasteiger partial charge >= 0.3 is 0 Å². The Balaban J connectivity index is 1.77. The molecule has 1 aliphatic heterocycles. The van der Waals surface area contributed by atoms with Crippen LogP contribution in [0.4, 0.5) is 0 Å². The predicted molar refractivity (Wildman–Crippen MR) is 108 cm³/mol. The third kappa shape index (κ3) is 4.84. The molecule has 9 heteroatoms. The fraction of sp³-hybridized carbons (Fsp3) is 0.650. The molecule has 0 atom stereocenters. The molecule has 0 aromatic heterocycles. The van der Waals surface area contributed by atoms with Crippen molar-refractivity contribution in [1.82, 2.24) is 9.62 Å². The Morgan fingerprint density at radius 1 is 1.17 bits per heavy atom. The molecular weight excluding hydrogens is 396 g/mol. The number of carbonyl (C=O) groups excluding carboxylic acids is 1. The molecule has 29 heavy (non-hydrogen) atoms. The van der Waals surface area contributed by atoms with Crippen LogP contribution >= 0.6 is 0 Å². The molecule has 1 saturated carbocycles. The number of hydrogen-bond donors (Lipinski definition) is 1. The number of sulfonamides is 1. The molecule has 1 aromatic rings. The molecule has 162 valence electrons. The summed E-state index contributed by atoms with van der Waals surface area (Å²) in [5.74, 6) is 0.917. The van der Waals surface area contributed by atoms with Crippen LogP contribution in [0, 0.1) is 5.92 Å². The van der Waals surface area contributed by atoms with Gasteiger partial charge in [0.25, 0.3) is 0 Å². The highest BCUT2D eigenvalue weighted by Crippen LogP contribution is 2.36. The van der Waals surface area contributed by atoms with Gasteiger partial charge < -0.3 is 19.5 Å². The second-order valence-electron chi connectivity index (χ2n) is 7.71. The van der Waals surface area contributed by atoms with Crippen LogP contribution < -0.4 is 14.8 Å². The first kappa shape index (κ1) is 21.9. The summed E-state index contributed by atoms with van der Waals surface area (Å²) in [5, 5.41) is 3.20. The van der Waals surface area contributed by atoms with E-state index in [0.29, 0.717) is 44.7 Å². The molecule has 3 rings (SSSR count). The normalized spacial score (nSPS) is 19.6. The standard InChI is InChI=1S/C20H30N2O6S/c1-26-13-10-20(21-19(23)15-4-5-15)8-11-22(12-9-20)29(24,25)18-14-16(27-2)6-7-17(18)28-3/h6-7,14-15H,4-5,8-13H2,1-3H3,(H,21,23). The summed E-state index contributed by atoms with van der Waals surface area (Å²) in [5.41, 5.74) is -0.430. The van der Waals surface area contributed by atoms with Gasteiger partial charge in [-0.2, -0.15) is 4.31 Å². The van der Waals surface area contributed by atoms with E-state index in [1.807, 2.05) is 0 Å². The summed E-state index contributed by atoms with van der Waals surface area (Å²) in [6, 6.07) is 4.74. The zero-order chi connectivity index (χ0) is 21.1. The summed E-state index contributed by atoms with van der Waals surface area (Å²) in [7, 11) is 0.810. The number of rotatable bonds is 9.